The molecule has 0 atom stereocenters. The Morgan fingerprint density at radius 1 is 0.381 bits per heavy atom. The van der Waals surface area contributed by atoms with E-state index in [1.165, 1.54) is 21.9 Å². The molecule has 0 unspecified atom stereocenters. The smallest absolute Gasteiger partial charge is 0.137 e. The predicted molar refractivity (Wildman–Crippen MR) is 177 cm³/mol. The summed E-state index contributed by atoms with van der Waals surface area (Å²) in [6.07, 6.45) is 0. The lowest BCUT2D eigenvalue weighted by molar-refractivity contribution is 0.669. The molecule has 1 heterocycles. The van der Waals surface area contributed by atoms with Crippen molar-refractivity contribution < 1.29 is 4.42 Å². The highest BCUT2D eigenvalue weighted by Gasteiger charge is 2.22. The zero-order valence-corrected chi connectivity index (χ0v) is 22.9. The van der Waals surface area contributed by atoms with Crippen molar-refractivity contribution in [1.29, 1.82) is 0 Å². The van der Waals surface area contributed by atoms with Gasteiger partial charge in [-0.3, -0.25) is 0 Å². The summed E-state index contributed by atoms with van der Waals surface area (Å²) in [4.78, 5) is 2.38. The Balaban J connectivity index is 1.43. The largest absolute Gasteiger partial charge is 0.456 e. The number of benzene rings is 7. The van der Waals surface area contributed by atoms with Crippen molar-refractivity contribution in [2.45, 2.75) is 0 Å². The SMILES string of the molecule is c1ccc(-c2ccc(N(c3cc4oc5ccccc5c4cc3-c3ccccc3)c3cccc4ccccc34)cc2)cc1. The van der Waals surface area contributed by atoms with Gasteiger partial charge >= 0.3 is 0 Å². The fraction of sp³-hybridized carbons (Fsp3) is 0. The monoisotopic (exact) mass is 537 g/mol. The molecule has 0 aliphatic heterocycles. The van der Waals surface area contributed by atoms with E-state index < -0.39 is 0 Å². The standard InChI is InChI=1S/C40H27NO/c1-3-12-28(13-4-1)29-22-24-32(25-23-29)41(37-20-11-17-30-16-7-8-18-33(30)37)38-27-40-36(34-19-9-10-21-39(34)42-40)26-35(38)31-14-5-2-6-15-31/h1-27H. The van der Waals surface area contributed by atoms with Crippen LogP contribution in [-0.2, 0) is 0 Å². The Morgan fingerprint density at radius 3 is 1.79 bits per heavy atom. The maximum Gasteiger partial charge on any atom is 0.137 e. The molecule has 0 N–H and O–H groups in total. The molecule has 42 heavy (non-hydrogen) atoms. The van der Waals surface area contributed by atoms with Crippen LogP contribution in [0.4, 0.5) is 17.1 Å². The molecule has 0 amide bonds. The predicted octanol–water partition coefficient (Wildman–Crippen LogP) is 11.5. The Kier molecular flexibility index (Phi) is 5.82. The van der Waals surface area contributed by atoms with E-state index in [1.807, 2.05) is 12.1 Å². The van der Waals surface area contributed by atoms with E-state index in [4.69, 9.17) is 4.42 Å². The number of hydrogen-bond acceptors (Lipinski definition) is 2. The molecule has 0 bridgehead atoms. The van der Waals surface area contributed by atoms with E-state index in [1.54, 1.807) is 0 Å². The van der Waals surface area contributed by atoms with Gasteiger partial charge in [0.15, 0.2) is 0 Å². The molecule has 0 spiro atoms. The number of furan rings is 1. The molecule has 1 aromatic heterocycles. The van der Waals surface area contributed by atoms with Crippen LogP contribution in [0.25, 0.3) is 55.0 Å². The number of rotatable bonds is 5. The third-order valence-corrected chi connectivity index (χ3v) is 8.06. The molecular weight excluding hydrogens is 510 g/mol. The lowest BCUT2D eigenvalue weighted by atomic mass is 9.98. The van der Waals surface area contributed by atoms with Gasteiger partial charge in [-0.05, 0) is 52.4 Å². The maximum atomic E-state index is 6.44. The molecule has 0 aliphatic carbocycles. The molecule has 8 rings (SSSR count). The van der Waals surface area contributed by atoms with Crippen molar-refractivity contribution in [1.82, 2.24) is 0 Å². The molecule has 0 radical (unpaired) electrons. The average molecular weight is 538 g/mol. The Bertz CT molecular complexity index is 2170. The molecule has 2 nitrogen and oxygen atoms in total. The summed E-state index contributed by atoms with van der Waals surface area (Å²) in [6.45, 7) is 0. The fourth-order valence-electron chi connectivity index (χ4n) is 6.04. The van der Waals surface area contributed by atoms with Crippen LogP contribution in [-0.4, -0.2) is 0 Å². The van der Waals surface area contributed by atoms with Gasteiger partial charge < -0.3 is 9.32 Å². The van der Waals surface area contributed by atoms with Crippen molar-refractivity contribution in [3.8, 4) is 22.3 Å². The van der Waals surface area contributed by atoms with E-state index >= 15 is 0 Å². The van der Waals surface area contributed by atoms with Crippen LogP contribution in [0.2, 0.25) is 0 Å². The van der Waals surface area contributed by atoms with Gasteiger partial charge in [0.2, 0.25) is 0 Å². The zero-order valence-electron chi connectivity index (χ0n) is 22.9. The second-order valence-electron chi connectivity index (χ2n) is 10.6. The van der Waals surface area contributed by atoms with Crippen LogP contribution in [0.5, 0.6) is 0 Å². The second kappa shape index (κ2) is 10.1. The van der Waals surface area contributed by atoms with Crippen LogP contribution in [0.15, 0.2) is 168 Å². The molecule has 0 saturated carbocycles. The number of anilines is 3. The normalized spacial score (nSPS) is 11.3. The van der Waals surface area contributed by atoms with Gasteiger partial charge in [-0.1, -0.05) is 127 Å². The highest BCUT2D eigenvalue weighted by atomic mass is 16.3. The molecule has 2 heteroatoms. The summed E-state index contributed by atoms with van der Waals surface area (Å²) >= 11 is 0. The van der Waals surface area contributed by atoms with Gasteiger partial charge in [0.05, 0.1) is 11.4 Å². The van der Waals surface area contributed by atoms with Crippen LogP contribution in [0.1, 0.15) is 0 Å². The summed E-state index contributed by atoms with van der Waals surface area (Å²) in [6, 6.07) is 58.0. The molecule has 198 valence electrons. The van der Waals surface area contributed by atoms with Gasteiger partial charge in [-0.15, -0.1) is 0 Å². The minimum Gasteiger partial charge on any atom is -0.456 e. The molecule has 0 saturated heterocycles. The summed E-state index contributed by atoms with van der Waals surface area (Å²) in [5.74, 6) is 0. The topological polar surface area (TPSA) is 16.4 Å². The van der Waals surface area contributed by atoms with Crippen LogP contribution in [0, 0.1) is 0 Å². The maximum absolute atomic E-state index is 6.44. The lowest BCUT2D eigenvalue weighted by Crippen LogP contribution is -2.12. The number of para-hydroxylation sites is 1. The van der Waals surface area contributed by atoms with E-state index in [-0.39, 0.29) is 0 Å². The quantitative estimate of drug-likeness (QED) is 0.217. The summed E-state index contributed by atoms with van der Waals surface area (Å²) in [7, 11) is 0. The van der Waals surface area contributed by atoms with Crippen molar-refractivity contribution >= 4 is 49.8 Å². The fourth-order valence-corrected chi connectivity index (χ4v) is 6.04. The zero-order chi connectivity index (χ0) is 27.9. The Morgan fingerprint density at radius 2 is 1.00 bits per heavy atom. The summed E-state index contributed by atoms with van der Waals surface area (Å²) in [5, 5.41) is 4.63. The second-order valence-corrected chi connectivity index (χ2v) is 10.6. The first-order valence-corrected chi connectivity index (χ1v) is 14.3. The molecular formula is C40H27NO. The summed E-state index contributed by atoms with van der Waals surface area (Å²) in [5.41, 5.74) is 9.73. The molecule has 0 fully saturated rings. The third-order valence-electron chi connectivity index (χ3n) is 8.06. The molecule has 7 aromatic carbocycles. The van der Waals surface area contributed by atoms with Crippen LogP contribution < -0.4 is 4.90 Å². The first kappa shape index (κ1) is 24.2. The number of hydrogen-bond donors (Lipinski definition) is 0. The van der Waals surface area contributed by atoms with Gasteiger partial charge in [0, 0.05) is 33.5 Å². The van der Waals surface area contributed by atoms with Gasteiger partial charge in [-0.25, -0.2) is 0 Å². The van der Waals surface area contributed by atoms with Crippen molar-refractivity contribution in [2.75, 3.05) is 4.90 Å². The van der Waals surface area contributed by atoms with Crippen molar-refractivity contribution in [3.63, 3.8) is 0 Å². The van der Waals surface area contributed by atoms with Gasteiger partial charge in [0.1, 0.15) is 11.2 Å². The van der Waals surface area contributed by atoms with Crippen LogP contribution in [0.3, 0.4) is 0 Å². The third kappa shape index (κ3) is 4.13. The summed E-state index contributed by atoms with van der Waals surface area (Å²) < 4.78 is 6.44. The minimum atomic E-state index is 0.872. The Hall–Kier alpha value is -5.60. The van der Waals surface area contributed by atoms with E-state index in [0.29, 0.717) is 0 Å². The van der Waals surface area contributed by atoms with Gasteiger partial charge in [0.25, 0.3) is 0 Å². The molecule has 0 aliphatic rings. The van der Waals surface area contributed by atoms with Gasteiger partial charge in [-0.2, -0.15) is 0 Å². The number of nitrogens with zero attached hydrogens (tertiary/aromatic N) is 1. The highest BCUT2D eigenvalue weighted by Crippen LogP contribution is 2.46. The van der Waals surface area contributed by atoms with Crippen LogP contribution >= 0.6 is 0 Å². The Labute approximate surface area is 244 Å². The van der Waals surface area contributed by atoms with E-state index in [9.17, 15) is 0 Å². The lowest BCUT2D eigenvalue weighted by Gasteiger charge is -2.29. The van der Waals surface area contributed by atoms with Crippen molar-refractivity contribution in [2.24, 2.45) is 0 Å². The highest BCUT2D eigenvalue weighted by molar-refractivity contribution is 6.10. The first-order valence-electron chi connectivity index (χ1n) is 14.3. The number of fused-ring (bicyclic) bond motifs is 4. The van der Waals surface area contributed by atoms with E-state index in [0.717, 1.165) is 50.1 Å². The van der Waals surface area contributed by atoms with E-state index in [2.05, 4.69) is 157 Å². The first-order chi connectivity index (χ1) is 20.8. The molecule has 8 aromatic rings. The van der Waals surface area contributed by atoms with Crippen molar-refractivity contribution in [3.05, 3.63) is 164 Å². The average Bonchev–Trinajstić information content (AvgIpc) is 3.43. The minimum absolute atomic E-state index is 0.872.